The summed E-state index contributed by atoms with van der Waals surface area (Å²) >= 11 is 0. The van der Waals surface area contributed by atoms with Gasteiger partial charge in [-0.1, -0.05) is 45.6 Å². The van der Waals surface area contributed by atoms with Crippen LogP contribution in [0.4, 0.5) is 0 Å². The number of esters is 1. The molecule has 0 saturated heterocycles. The van der Waals surface area contributed by atoms with Gasteiger partial charge in [0, 0.05) is 6.42 Å². The Bertz CT molecular complexity index is 421. The molecule has 9 nitrogen and oxygen atoms in total. The Morgan fingerprint density at radius 1 is 0.559 bits per heavy atom. The normalized spacial score (nSPS) is 11.0. The maximum Gasteiger partial charge on any atom is 0.305 e. The van der Waals surface area contributed by atoms with Gasteiger partial charge in [0.2, 0.25) is 0 Å². The first kappa shape index (κ1) is 32.8. The zero-order valence-corrected chi connectivity index (χ0v) is 21.3. The summed E-state index contributed by atoms with van der Waals surface area (Å²) in [6, 6.07) is 0. The van der Waals surface area contributed by atoms with Crippen LogP contribution in [-0.2, 0) is 42.7 Å². The van der Waals surface area contributed by atoms with Gasteiger partial charge in [-0.2, -0.15) is 0 Å². The van der Waals surface area contributed by atoms with Crippen molar-refractivity contribution in [3.63, 3.8) is 0 Å². The van der Waals surface area contributed by atoms with E-state index in [-0.39, 0.29) is 5.97 Å². The van der Waals surface area contributed by atoms with Crippen LogP contribution in [-0.4, -0.2) is 98.5 Å². The quantitative estimate of drug-likeness (QED) is 0.0883. The van der Waals surface area contributed by atoms with E-state index in [9.17, 15) is 4.79 Å². The lowest BCUT2D eigenvalue weighted by atomic mass is 10.1. The summed E-state index contributed by atoms with van der Waals surface area (Å²) in [4.78, 5) is 11.6. The topological polar surface area (TPSA) is 90.9 Å². The second kappa shape index (κ2) is 29.8. The molecule has 0 atom stereocenters. The summed E-state index contributed by atoms with van der Waals surface area (Å²) < 4.78 is 42.4. The van der Waals surface area contributed by atoms with Crippen LogP contribution >= 0.6 is 0 Å². The maximum atomic E-state index is 11.6. The molecule has 0 heterocycles. The van der Waals surface area contributed by atoms with Gasteiger partial charge in [-0.05, 0) is 6.42 Å². The minimum Gasteiger partial charge on any atom is -0.499 e. The van der Waals surface area contributed by atoms with E-state index >= 15 is 0 Å². The fourth-order valence-corrected chi connectivity index (χ4v) is 2.73. The number of unbranched alkanes of at least 4 members (excludes halogenated alkanes) is 5. The van der Waals surface area contributed by atoms with Crippen molar-refractivity contribution in [2.45, 2.75) is 51.9 Å². The van der Waals surface area contributed by atoms with Crippen LogP contribution < -0.4 is 0 Å². The molecule has 0 aromatic carbocycles. The van der Waals surface area contributed by atoms with Crippen molar-refractivity contribution in [3.8, 4) is 0 Å². The molecule has 0 aliphatic carbocycles. The Labute approximate surface area is 206 Å². The van der Waals surface area contributed by atoms with E-state index in [1.54, 1.807) is 0 Å². The summed E-state index contributed by atoms with van der Waals surface area (Å²) in [6.45, 7) is 12.4. The standard InChI is InChI=1S/C25H48O9/c1-3-5-6-7-8-9-10-25(26)34-24-23-33-22-21-32-20-19-31-18-17-30-16-15-29-14-13-28-12-11-27-4-2/h4H,2-3,5-24H2,1H3. The first-order valence-electron chi connectivity index (χ1n) is 12.7. The first-order valence-corrected chi connectivity index (χ1v) is 12.7. The Balaban J connectivity index is 3.10. The predicted octanol–water partition coefficient (Wildman–Crippen LogP) is 3.54. The van der Waals surface area contributed by atoms with Crippen molar-refractivity contribution in [2.24, 2.45) is 0 Å². The zero-order chi connectivity index (χ0) is 24.8. The molecule has 0 radical (unpaired) electrons. The summed E-state index contributed by atoms with van der Waals surface area (Å²) in [5, 5.41) is 0. The average molecular weight is 493 g/mol. The van der Waals surface area contributed by atoms with Crippen LogP contribution in [0.15, 0.2) is 12.8 Å². The van der Waals surface area contributed by atoms with Crippen molar-refractivity contribution in [2.75, 3.05) is 92.5 Å². The molecule has 0 aliphatic rings. The van der Waals surface area contributed by atoms with Crippen LogP contribution in [0, 0.1) is 0 Å². The van der Waals surface area contributed by atoms with Gasteiger partial charge in [0.25, 0.3) is 0 Å². The van der Waals surface area contributed by atoms with E-state index in [0.717, 1.165) is 12.8 Å². The van der Waals surface area contributed by atoms with Crippen LogP contribution in [0.3, 0.4) is 0 Å². The molecule has 0 fully saturated rings. The molecule has 0 unspecified atom stereocenters. The lowest BCUT2D eigenvalue weighted by Crippen LogP contribution is -2.15. The lowest BCUT2D eigenvalue weighted by Gasteiger charge is -2.08. The minimum absolute atomic E-state index is 0.139. The molecule has 34 heavy (non-hydrogen) atoms. The third-order valence-corrected chi connectivity index (χ3v) is 4.55. The molecule has 0 N–H and O–H groups in total. The Morgan fingerprint density at radius 2 is 0.941 bits per heavy atom. The van der Waals surface area contributed by atoms with Gasteiger partial charge in [-0.15, -0.1) is 0 Å². The van der Waals surface area contributed by atoms with Crippen molar-refractivity contribution < 1.29 is 42.7 Å². The second-order valence-corrected chi connectivity index (χ2v) is 7.45. The fourth-order valence-electron chi connectivity index (χ4n) is 2.73. The summed E-state index contributed by atoms with van der Waals surface area (Å²) in [7, 11) is 0. The van der Waals surface area contributed by atoms with Crippen LogP contribution in [0.25, 0.3) is 0 Å². The smallest absolute Gasteiger partial charge is 0.305 e. The Hall–Kier alpha value is -1.23. The van der Waals surface area contributed by atoms with E-state index in [1.807, 2.05) is 0 Å². The highest BCUT2D eigenvalue weighted by molar-refractivity contribution is 5.69. The molecule has 202 valence electrons. The molecule has 0 bridgehead atoms. The molecular weight excluding hydrogens is 444 g/mol. The van der Waals surface area contributed by atoms with E-state index in [1.165, 1.54) is 31.9 Å². The van der Waals surface area contributed by atoms with Gasteiger partial charge >= 0.3 is 5.97 Å². The van der Waals surface area contributed by atoms with E-state index in [0.29, 0.717) is 98.9 Å². The highest BCUT2D eigenvalue weighted by atomic mass is 16.6. The number of carbonyl (C=O) groups excluding carboxylic acids is 1. The third kappa shape index (κ3) is 28.8. The average Bonchev–Trinajstić information content (AvgIpc) is 2.84. The minimum atomic E-state index is -0.139. The van der Waals surface area contributed by atoms with E-state index < -0.39 is 0 Å². The van der Waals surface area contributed by atoms with Gasteiger partial charge < -0.3 is 37.9 Å². The van der Waals surface area contributed by atoms with Gasteiger partial charge in [-0.25, -0.2) is 0 Å². The Kier molecular flexibility index (Phi) is 28.7. The highest BCUT2D eigenvalue weighted by Gasteiger charge is 2.02. The van der Waals surface area contributed by atoms with Crippen LogP contribution in [0.5, 0.6) is 0 Å². The SMILES string of the molecule is C=COCCOCCOCCOCCOCCOCCOCCOC(=O)CCCCCCCC. The number of rotatable bonds is 29. The number of carbonyl (C=O) groups is 1. The maximum absolute atomic E-state index is 11.6. The number of ether oxygens (including phenoxy) is 8. The second-order valence-electron chi connectivity index (χ2n) is 7.45. The predicted molar refractivity (Wildman–Crippen MR) is 130 cm³/mol. The number of hydrogen-bond acceptors (Lipinski definition) is 9. The summed E-state index contributed by atoms with van der Waals surface area (Å²) in [5.41, 5.74) is 0. The Morgan fingerprint density at radius 3 is 1.38 bits per heavy atom. The van der Waals surface area contributed by atoms with E-state index in [4.69, 9.17) is 37.9 Å². The highest BCUT2D eigenvalue weighted by Crippen LogP contribution is 2.07. The fraction of sp³-hybridized carbons (Fsp3) is 0.880. The first-order chi connectivity index (χ1) is 16.8. The third-order valence-electron chi connectivity index (χ3n) is 4.55. The van der Waals surface area contributed by atoms with Crippen LogP contribution in [0.1, 0.15) is 51.9 Å². The summed E-state index contributed by atoms with van der Waals surface area (Å²) in [6.07, 6.45) is 8.86. The van der Waals surface area contributed by atoms with Crippen molar-refractivity contribution in [1.29, 1.82) is 0 Å². The van der Waals surface area contributed by atoms with Crippen molar-refractivity contribution in [1.82, 2.24) is 0 Å². The van der Waals surface area contributed by atoms with Gasteiger partial charge in [0.15, 0.2) is 0 Å². The van der Waals surface area contributed by atoms with Crippen LogP contribution in [0.2, 0.25) is 0 Å². The van der Waals surface area contributed by atoms with Gasteiger partial charge in [0.05, 0.1) is 85.5 Å². The molecule has 0 amide bonds. The molecule has 0 aromatic heterocycles. The van der Waals surface area contributed by atoms with Gasteiger partial charge in [-0.3, -0.25) is 4.79 Å². The molecule has 0 spiro atoms. The van der Waals surface area contributed by atoms with Crippen molar-refractivity contribution in [3.05, 3.63) is 12.8 Å². The zero-order valence-electron chi connectivity index (χ0n) is 21.3. The molecule has 0 rings (SSSR count). The lowest BCUT2D eigenvalue weighted by molar-refractivity contribution is -0.145. The van der Waals surface area contributed by atoms with Crippen molar-refractivity contribution >= 4 is 5.97 Å². The largest absolute Gasteiger partial charge is 0.499 e. The molecule has 0 saturated carbocycles. The summed E-state index contributed by atoms with van der Waals surface area (Å²) in [5.74, 6) is -0.139. The molecule has 0 aliphatic heterocycles. The van der Waals surface area contributed by atoms with Gasteiger partial charge in [0.1, 0.15) is 13.2 Å². The molecular formula is C25H48O9. The monoisotopic (exact) mass is 492 g/mol. The molecule has 9 heteroatoms. The van der Waals surface area contributed by atoms with E-state index in [2.05, 4.69) is 13.5 Å². The molecule has 0 aromatic rings. The number of hydrogen-bond donors (Lipinski definition) is 0.